The van der Waals surface area contributed by atoms with E-state index in [0.29, 0.717) is 4.88 Å². The van der Waals surface area contributed by atoms with Crippen molar-refractivity contribution >= 4 is 17.3 Å². The average molecular weight is 213 g/mol. The first kappa shape index (κ1) is 11.2. The molecule has 1 aromatic heterocycles. The number of hydrogen-bond donors (Lipinski definition) is 0. The minimum Gasteiger partial charge on any atom is -0.456 e. The highest BCUT2D eigenvalue weighted by atomic mass is 32.1. The van der Waals surface area contributed by atoms with E-state index in [1.54, 1.807) is 0 Å². The van der Waals surface area contributed by atoms with E-state index >= 15 is 0 Å². The molecule has 0 aliphatic heterocycles. The van der Waals surface area contributed by atoms with E-state index in [9.17, 15) is 4.79 Å². The molecule has 0 atom stereocenters. The predicted octanol–water partition coefficient (Wildman–Crippen LogP) is 2.72. The van der Waals surface area contributed by atoms with Gasteiger partial charge in [-0.2, -0.15) is 0 Å². The number of carbonyl (C=O) groups excluding carboxylic acids is 1. The largest absolute Gasteiger partial charge is 0.456 e. The van der Waals surface area contributed by atoms with Crippen LogP contribution in [-0.2, 0) is 4.74 Å². The standard InChI is InChI=1S/C10H15NO2S/c1-6-8(14-7(2)11-6)9(12)13-10(3,4)5/h1-5H3. The molecule has 0 saturated carbocycles. The summed E-state index contributed by atoms with van der Waals surface area (Å²) >= 11 is 1.38. The summed E-state index contributed by atoms with van der Waals surface area (Å²) in [5.74, 6) is -0.277. The van der Waals surface area contributed by atoms with E-state index in [-0.39, 0.29) is 5.97 Å². The van der Waals surface area contributed by atoms with Crippen LogP contribution in [0.1, 0.15) is 41.1 Å². The third-order valence-electron chi connectivity index (χ3n) is 1.49. The second-order valence-corrected chi connectivity index (χ2v) is 5.35. The highest BCUT2D eigenvalue weighted by molar-refractivity contribution is 7.13. The van der Waals surface area contributed by atoms with Gasteiger partial charge in [-0.25, -0.2) is 9.78 Å². The fourth-order valence-electron chi connectivity index (χ4n) is 1.05. The fraction of sp³-hybridized carbons (Fsp3) is 0.600. The Hall–Kier alpha value is -0.900. The molecule has 3 nitrogen and oxygen atoms in total. The summed E-state index contributed by atoms with van der Waals surface area (Å²) < 4.78 is 5.25. The second kappa shape index (κ2) is 3.69. The van der Waals surface area contributed by atoms with Crippen molar-refractivity contribution in [1.82, 2.24) is 4.98 Å². The summed E-state index contributed by atoms with van der Waals surface area (Å²) in [7, 11) is 0. The first-order valence-corrected chi connectivity index (χ1v) is 5.28. The highest BCUT2D eigenvalue weighted by Gasteiger charge is 2.21. The van der Waals surface area contributed by atoms with Gasteiger partial charge in [0.05, 0.1) is 10.7 Å². The molecule has 0 spiro atoms. The van der Waals surface area contributed by atoms with Crippen molar-refractivity contribution in [2.45, 2.75) is 40.2 Å². The molecule has 4 heteroatoms. The van der Waals surface area contributed by atoms with Crippen LogP contribution in [0.15, 0.2) is 0 Å². The van der Waals surface area contributed by atoms with Gasteiger partial charge in [-0.15, -0.1) is 11.3 Å². The lowest BCUT2D eigenvalue weighted by atomic mass is 10.2. The Labute approximate surface area is 88.1 Å². The van der Waals surface area contributed by atoms with E-state index in [1.165, 1.54) is 11.3 Å². The fourth-order valence-corrected chi connectivity index (χ4v) is 1.84. The van der Waals surface area contributed by atoms with Crippen molar-refractivity contribution in [1.29, 1.82) is 0 Å². The van der Waals surface area contributed by atoms with Gasteiger partial charge in [-0.3, -0.25) is 0 Å². The van der Waals surface area contributed by atoms with Crippen molar-refractivity contribution in [3.8, 4) is 0 Å². The van der Waals surface area contributed by atoms with E-state index in [1.807, 2.05) is 34.6 Å². The maximum atomic E-state index is 11.6. The number of ether oxygens (including phenoxy) is 1. The van der Waals surface area contributed by atoms with Crippen molar-refractivity contribution in [3.63, 3.8) is 0 Å². The smallest absolute Gasteiger partial charge is 0.350 e. The van der Waals surface area contributed by atoms with E-state index < -0.39 is 5.60 Å². The maximum absolute atomic E-state index is 11.6. The number of aryl methyl sites for hydroxylation is 2. The van der Waals surface area contributed by atoms with Crippen LogP contribution in [0.4, 0.5) is 0 Å². The van der Waals surface area contributed by atoms with E-state index in [4.69, 9.17) is 4.74 Å². The van der Waals surface area contributed by atoms with Gasteiger partial charge in [0.25, 0.3) is 0 Å². The molecule has 0 saturated heterocycles. The molecule has 14 heavy (non-hydrogen) atoms. The summed E-state index contributed by atoms with van der Waals surface area (Å²) in [6, 6.07) is 0. The lowest BCUT2D eigenvalue weighted by Gasteiger charge is -2.18. The number of thiazole rings is 1. The molecule has 1 heterocycles. The van der Waals surface area contributed by atoms with Crippen LogP contribution in [0.5, 0.6) is 0 Å². The van der Waals surface area contributed by atoms with E-state index in [0.717, 1.165) is 10.7 Å². The van der Waals surface area contributed by atoms with Gasteiger partial charge < -0.3 is 4.74 Å². The Kier molecular flexibility index (Phi) is 2.95. The van der Waals surface area contributed by atoms with Gasteiger partial charge in [0, 0.05) is 0 Å². The topological polar surface area (TPSA) is 39.2 Å². The Morgan fingerprint density at radius 3 is 2.29 bits per heavy atom. The van der Waals surface area contributed by atoms with Crippen LogP contribution in [0.2, 0.25) is 0 Å². The minimum absolute atomic E-state index is 0.277. The molecule has 0 radical (unpaired) electrons. The number of esters is 1. The van der Waals surface area contributed by atoms with Crippen molar-refractivity contribution in [3.05, 3.63) is 15.6 Å². The Morgan fingerprint density at radius 1 is 1.36 bits per heavy atom. The van der Waals surface area contributed by atoms with Gasteiger partial charge in [-0.1, -0.05) is 0 Å². The lowest BCUT2D eigenvalue weighted by Crippen LogP contribution is -2.23. The average Bonchev–Trinajstić information content (AvgIpc) is 2.26. The highest BCUT2D eigenvalue weighted by Crippen LogP contribution is 2.20. The van der Waals surface area contributed by atoms with Gasteiger partial charge in [-0.05, 0) is 34.6 Å². The lowest BCUT2D eigenvalue weighted by molar-refractivity contribution is 0.00742. The zero-order valence-electron chi connectivity index (χ0n) is 9.17. The van der Waals surface area contributed by atoms with Gasteiger partial charge >= 0.3 is 5.97 Å². The van der Waals surface area contributed by atoms with Gasteiger partial charge in [0.2, 0.25) is 0 Å². The molecule has 1 aromatic rings. The van der Waals surface area contributed by atoms with Crippen LogP contribution < -0.4 is 0 Å². The van der Waals surface area contributed by atoms with Crippen molar-refractivity contribution in [2.24, 2.45) is 0 Å². The zero-order valence-corrected chi connectivity index (χ0v) is 9.99. The number of hydrogen-bond acceptors (Lipinski definition) is 4. The van der Waals surface area contributed by atoms with Crippen LogP contribution in [0.25, 0.3) is 0 Å². The maximum Gasteiger partial charge on any atom is 0.350 e. The molecule has 78 valence electrons. The predicted molar refractivity (Wildman–Crippen MR) is 56.8 cm³/mol. The van der Waals surface area contributed by atoms with Crippen LogP contribution >= 0.6 is 11.3 Å². The number of nitrogens with zero attached hydrogens (tertiary/aromatic N) is 1. The molecule has 0 aromatic carbocycles. The van der Waals surface area contributed by atoms with Crippen molar-refractivity contribution in [2.75, 3.05) is 0 Å². The monoisotopic (exact) mass is 213 g/mol. The summed E-state index contributed by atoms with van der Waals surface area (Å²) in [5, 5.41) is 0.892. The number of aromatic nitrogens is 1. The molecule has 0 fully saturated rings. The Bertz CT molecular complexity index is 349. The molecule has 0 unspecified atom stereocenters. The second-order valence-electron chi connectivity index (χ2n) is 4.15. The molecule has 0 bridgehead atoms. The van der Waals surface area contributed by atoms with Crippen LogP contribution in [-0.4, -0.2) is 16.6 Å². The zero-order chi connectivity index (χ0) is 10.9. The molecular formula is C10H15NO2S. The summed E-state index contributed by atoms with van der Waals surface area (Å²) in [6.45, 7) is 9.27. The summed E-state index contributed by atoms with van der Waals surface area (Å²) in [6.07, 6.45) is 0. The minimum atomic E-state index is -0.443. The molecule has 0 amide bonds. The van der Waals surface area contributed by atoms with Crippen molar-refractivity contribution < 1.29 is 9.53 Å². The summed E-state index contributed by atoms with van der Waals surface area (Å²) in [5.41, 5.74) is 0.309. The Balaban J connectivity index is 2.85. The third-order valence-corrected chi connectivity index (χ3v) is 2.54. The summed E-state index contributed by atoms with van der Waals surface area (Å²) in [4.78, 5) is 16.4. The third kappa shape index (κ3) is 2.80. The molecule has 0 aliphatic rings. The quantitative estimate of drug-likeness (QED) is 0.673. The number of carbonyl (C=O) groups is 1. The SMILES string of the molecule is Cc1nc(C)c(C(=O)OC(C)(C)C)s1. The molecule has 1 rings (SSSR count). The first-order valence-electron chi connectivity index (χ1n) is 4.47. The van der Waals surface area contributed by atoms with Gasteiger partial charge in [0.1, 0.15) is 10.5 Å². The Morgan fingerprint density at radius 2 is 1.93 bits per heavy atom. The molecular weight excluding hydrogens is 198 g/mol. The normalized spacial score (nSPS) is 11.5. The van der Waals surface area contributed by atoms with Crippen LogP contribution in [0.3, 0.4) is 0 Å². The van der Waals surface area contributed by atoms with Gasteiger partial charge in [0.15, 0.2) is 0 Å². The molecule has 0 N–H and O–H groups in total. The van der Waals surface area contributed by atoms with Crippen LogP contribution in [0, 0.1) is 13.8 Å². The first-order chi connectivity index (χ1) is 6.29. The number of rotatable bonds is 1. The molecule has 0 aliphatic carbocycles. The van der Waals surface area contributed by atoms with E-state index in [2.05, 4.69) is 4.98 Å².